The number of carbonyl (C=O) groups excluding carboxylic acids is 1. The Bertz CT molecular complexity index is 963. The first-order valence-corrected chi connectivity index (χ1v) is 11.1. The molecule has 0 heterocycles. The van der Waals surface area contributed by atoms with Gasteiger partial charge in [-0.3, -0.25) is 0 Å². The van der Waals surface area contributed by atoms with Crippen molar-refractivity contribution in [3.8, 4) is 16.9 Å². The van der Waals surface area contributed by atoms with Gasteiger partial charge in [-0.2, -0.15) is 0 Å². The molecule has 0 fully saturated rings. The molecule has 0 aromatic heterocycles. The van der Waals surface area contributed by atoms with Crippen molar-refractivity contribution in [3.63, 3.8) is 0 Å². The molecule has 2 rings (SSSR count). The van der Waals surface area contributed by atoms with Crippen LogP contribution in [-0.2, 0) is 25.8 Å². The van der Waals surface area contributed by atoms with Gasteiger partial charge in [0.25, 0.3) is 0 Å². The Kier molecular flexibility index (Phi) is 7.46. The zero-order valence-corrected chi connectivity index (χ0v) is 18.5. The fourth-order valence-electron chi connectivity index (χ4n) is 2.74. The summed E-state index contributed by atoms with van der Waals surface area (Å²) in [6, 6.07) is 13.1. The van der Waals surface area contributed by atoms with Crippen LogP contribution < -0.4 is 14.8 Å². The van der Waals surface area contributed by atoms with Crippen molar-refractivity contribution in [2.45, 2.75) is 37.8 Å². The second-order valence-electron chi connectivity index (χ2n) is 7.64. The summed E-state index contributed by atoms with van der Waals surface area (Å²) in [6.07, 6.45) is 0. The summed E-state index contributed by atoms with van der Waals surface area (Å²) in [4.78, 5) is 12.7. The van der Waals surface area contributed by atoms with Crippen LogP contribution in [0.3, 0.4) is 0 Å². The van der Waals surface area contributed by atoms with Crippen molar-refractivity contribution in [1.82, 2.24) is 10.0 Å². The second kappa shape index (κ2) is 9.43. The van der Waals surface area contributed by atoms with Gasteiger partial charge in [-0.15, -0.1) is 0 Å². The lowest BCUT2D eigenvalue weighted by Crippen LogP contribution is -2.27. The Hall–Kier alpha value is -2.35. The van der Waals surface area contributed by atoms with Crippen LogP contribution in [0.25, 0.3) is 11.1 Å². The molecule has 0 aliphatic heterocycles. The molecule has 6 nitrogen and oxygen atoms in total. The molecule has 0 spiro atoms. The summed E-state index contributed by atoms with van der Waals surface area (Å²) in [7, 11) is 0.904. The number of hydrogen-bond acceptors (Lipinski definition) is 5. The predicted octanol–water partition coefficient (Wildman–Crippen LogP) is 3.00. The van der Waals surface area contributed by atoms with E-state index in [4.69, 9.17) is 9.47 Å². The quantitative estimate of drug-likeness (QED) is 0.509. The Morgan fingerprint density at radius 3 is 2.48 bits per heavy atom. The average Bonchev–Trinajstić information content (AvgIpc) is 2.66. The number of carbonyl (C=O) groups is 1. The van der Waals surface area contributed by atoms with Crippen LogP contribution in [0.15, 0.2) is 47.4 Å². The number of ether oxygens (including phenoxy) is 2. The molecule has 0 saturated heterocycles. The van der Waals surface area contributed by atoms with E-state index in [1.165, 1.54) is 0 Å². The summed E-state index contributed by atoms with van der Waals surface area (Å²) in [5.41, 5.74) is 2.11. The van der Waals surface area contributed by atoms with E-state index in [9.17, 15) is 9.00 Å². The Morgan fingerprint density at radius 2 is 1.86 bits per heavy atom. The summed E-state index contributed by atoms with van der Waals surface area (Å²) in [6.45, 7) is 5.92. The molecule has 0 bridgehead atoms. The van der Waals surface area contributed by atoms with Crippen molar-refractivity contribution in [2.24, 2.45) is 0 Å². The summed E-state index contributed by atoms with van der Waals surface area (Å²) in [5, 5.41) is 3.12. The molecular formula is C22H30N2O4S. The maximum atomic E-state index is 12.6. The minimum Gasteiger partial charge on any atom is -0.481 e. The van der Waals surface area contributed by atoms with Gasteiger partial charge in [-0.1, -0.05) is 18.2 Å². The highest BCUT2D eigenvalue weighted by molar-refractivity contribution is 7.98. The predicted molar refractivity (Wildman–Crippen MR) is 119 cm³/mol. The van der Waals surface area contributed by atoms with Crippen molar-refractivity contribution < 1.29 is 18.5 Å². The maximum Gasteiger partial charge on any atom is 0.344 e. The van der Waals surface area contributed by atoms with Gasteiger partial charge in [0.05, 0.1) is 9.71 Å². The molecule has 0 aliphatic rings. The molecule has 1 atom stereocenters. The lowest BCUT2D eigenvalue weighted by atomic mass is 10.0. The molecule has 2 aromatic rings. The third kappa shape index (κ3) is 6.59. The number of benzene rings is 2. The lowest BCUT2D eigenvalue weighted by molar-refractivity contribution is -0.157. The SMILES string of the molecule is C=S(=O)(NC)c1cccc(-c2cc(CNC)ccc2OCC(=O)OC(C)(C)C)c1. The minimum atomic E-state index is -2.59. The van der Waals surface area contributed by atoms with Crippen LogP contribution in [-0.4, -0.2) is 42.4 Å². The van der Waals surface area contributed by atoms with Crippen molar-refractivity contribution >= 4 is 21.5 Å². The highest BCUT2D eigenvalue weighted by Crippen LogP contribution is 2.32. The van der Waals surface area contributed by atoms with Crippen molar-refractivity contribution in [2.75, 3.05) is 20.7 Å². The summed E-state index contributed by atoms with van der Waals surface area (Å²) in [5.74, 6) is 3.88. The monoisotopic (exact) mass is 418 g/mol. The van der Waals surface area contributed by atoms with E-state index in [0.29, 0.717) is 17.2 Å². The Labute approximate surface area is 173 Å². The highest BCUT2D eigenvalue weighted by atomic mass is 32.2. The van der Waals surface area contributed by atoms with Crippen LogP contribution in [0.2, 0.25) is 0 Å². The number of esters is 1. The van der Waals surface area contributed by atoms with Gasteiger partial charge in [-0.25, -0.2) is 13.7 Å². The third-order valence-electron chi connectivity index (χ3n) is 4.05. The van der Waals surface area contributed by atoms with Crippen LogP contribution in [0.5, 0.6) is 5.75 Å². The Morgan fingerprint density at radius 1 is 1.14 bits per heavy atom. The zero-order valence-electron chi connectivity index (χ0n) is 17.7. The molecule has 7 heteroatoms. The smallest absolute Gasteiger partial charge is 0.344 e. The van der Waals surface area contributed by atoms with Crippen LogP contribution >= 0.6 is 0 Å². The molecule has 158 valence electrons. The highest BCUT2D eigenvalue weighted by Gasteiger charge is 2.18. The molecule has 0 saturated carbocycles. The van der Waals surface area contributed by atoms with E-state index in [0.717, 1.165) is 16.7 Å². The Balaban J connectivity index is 2.40. The van der Waals surface area contributed by atoms with Gasteiger partial charge in [0, 0.05) is 17.0 Å². The van der Waals surface area contributed by atoms with Gasteiger partial charge in [0.2, 0.25) is 0 Å². The fraction of sp³-hybridized carbons (Fsp3) is 0.364. The third-order valence-corrected chi connectivity index (χ3v) is 5.72. The van der Waals surface area contributed by atoms with Gasteiger partial charge < -0.3 is 14.8 Å². The largest absolute Gasteiger partial charge is 0.481 e. The first kappa shape index (κ1) is 22.9. The van der Waals surface area contributed by atoms with E-state index in [-0.39, 0.29) is 6.61 Å². The van der Waals surface area contributed by atoms with Gasteiger partial charge in [0.15, 0.2) is 6.61 Å². The maximum absolute atomic E-state index is 12.6. The van der Waals surface area contributed by atoms with Crippen molar-refractivity contribution in [1.29, 1.82) is 0 Å². The second-order valence-corrected chi connectivity index (χ2v) is 9.87. The first-order chi connectivity index (χ1) is 13.6. The molecule has 1 unspecified atom stereocenters. The molecule has 2 aromatic carbocycles. The number of rotatable bonds is 8. The summed E-state index contributed by atoms with van der Waals surface area (Å²) < 4.78 is 26.5. The van der Waals surface area contributed by atoms with E-state index >= 15 is 0 Å². The number of nitrogens with one attached hydrogen (secondary N) is 2. The molecule has 0 radical (unpaired) electrons. The van der Waals surface area contributed by atoms with Crippen LogP contribution in [0.4, 0.5) is 0 Å². The first-order valence-electron chi connectivity index (χ1n) is 9.34. The zero-order chi connectivity index (χ0) is 21.7. The van der Waals surface area contributed by atoms with Crippen LogP contribution in [0, 0.1) is 0 Å². The van der Waals surface area contributed by atoms with E-state index in [1.54, 1.807) is 13.1 Å². The lowest BCUT2D eigenvalue weighted by Gasteiger charge is -2.20. The van der Waals surface area contributed by atoms with Gasteiger partial charge in [-0.05, 0) is 76.1 Å². The van der Waals surface area contributed by atoms with Crippen molar-refractivity contribution in [3.05, 3.63) is 48.0 Å². The van der Waals surface area contributed by atoms with E-state index in [1.807, 2.05) is 64.2 Å². The fourth-order valence-corrected chi connectivity index (χ4v) is 3.59. The standard InChI is InChI=1S/C22H30N2O4S/c1-22(2,3)28-21(25)15-27-20-11-10-16(14-23-4)12-19(20)17-8-7-9-18(13-17)29(6,26)24-5/h7-13,23H,6,14-15H2,1-5H3,(H,24,26). The van der Waals surface area contributed by atoms with Gasteiger partial charge in [0.1, 0.15) is 11.4 Å². The van der Waals surface area contributed by atoms with E-state index in [2.05, 4.69) is 15.9 Å². The molecule has 0 aliphatic carbocycles. The molecule has 2 N–H and O–H groups in total. The topological polar surface area (TPSA) is 76.7 Å². The normalized spacial score (nSPS) is 13.6. The molecule has 29 heavy (non-hydrogen) atoms. The van der Waals surface area contributed by atoms with Gasteiger partial charge >= 0.3 is 5.97 Å². The minimum absolute atomic E-state index is 0.197. The van der Waals surface area contributed by atoms with Crippen LogP contribution in [0.1, 0.15) is 26.3 Å². The van der Waals surface area contributed by atoms with E-state index < -0.39 is 21.3 Å². The molecule has 0 amide bonds. The number of hydrogen-bond donors (Lipinski definition) is 2. The molecular weight excluding hydrogens is 388 g/mol. The summed E-state index contributed by atoms with van der Waals surface area (Å²) >= 11 is 0. The average molecular weight is 419 g/mol.